The zero-order valence-corrected chi connectivity index (χ0v) is 9.96. The van der Waals surface area contributed by atoms with Crippen molar-refractivity contribution in [2.45, 2.75) is 13.3 Å². The number of benzene rings is 1. The Hall–Kier alpha value is -1.84. The summed E-state index contributed by atoms with van der Waals surface area (Å²) in [4.78, 5) is 11.9. The minimum absolute atomic E-state index is 0.119. The highest BCUT2D eigenvalue weighted by Gasteiger charge is 2.12. The van der Waals surface area contributed by atoms with Crippen molar-refractivity contribution < 1.29 is 9.18 Å². The number of fused-ring (bicyclic) bond motifs is 1. The largest absolute Gasteiger partial charge is 0.351 e. The third kappa shape index (κ3) is 2.16. The van der Waals surface area contributed by atoms with Gasteiger partial charge in [-0.15, -0.1) is 0 Å². The van der Waals surface area contributed by atoms with E-state index >= 15 is 0 Å². The van der Waals surface area contributed by atoms with Gasteiger partial charge in [-0.25, -0.2) is 4.39 Å². The van der Waals surface area contributed by atoms with Crippen molar-refractivity contribution in [3.8, 4) is 0 Å². The number of amides is 1. The van der Waals surface area contributed by atoms with Crippen molar-refractivity contribution >= 4 is 16.8 Å². The Bertz CT molecular complexity index is 560. The van der Waals surface area contributed by atoms with Crippen molar-refractivity contribution in [2.24, 2.45) is 7.05 Å². The van der Waals surface area contributed by atoms with Crippen molar-refractivity contribution in [1.82, 2.24) is 9.88 Å². The molecule has 0 saturated carbocycles. The number of aryl methyl sites for hydroxylation is 1. The Morgan fingerprint density at radius 1 is 1.41 bits per heavy atom. The Morgan fingerprint density at radius 2 is 2.18 bits per heavy atom. The van der Waals surface area contributed by atoms with Crippen LogP contribution in [-0.2, 0) is 7.05 Å². The van der Waals surface area contributed by atoms with E-state index in [0.717, 1.165) is 17.3 Å². The molecule has 0 spiro atoms. The average molecular weight is 234 g/mol. The SMILES string of the molecule is CCCNC(=O)c1cc2ccc(F)cc2n1C. The molecule has 0 bridgehead atoms. The van der Waals surface area contributed by atoms with E-state index in [2.05, 4.69) is 5.32 Å². The summed E-state index contributed by atoms with van der Waals surface area (Å²) in [6, 6.07) is 6.29. The Labute approximate surface area is 99.2 Å². The lowest BCUT2D eigenvalue weighted by Gasteiger charge is -2.04. The van der Waals surface area contributed by atoms with E-state index < -0.39 is 0 Å². The molecule has 90 valence electrons. The lowest BCUT2D eigenvalue weighted by Crippen LogP contribution is -2.25. The van der Waals surface area contributed by atoms with E-state index in [1.807, 2.05) is 6.92 Å². The van der Waals surface area contributed by atoms with Crippen LogP contribution < -0.4 is 5.32 Å². The number of halogens is 1. The van der Waals surface area contributed by atoms with E-state index in [-0.39, 0.29) is 11.7 Å². The van der Waals surface area contributed by atoms with E-state index in [0.29, 0.717) is 12.2 Å². The topological polar surface area (TPSA) is 34.0 Å². The molecule has 0 atom stereocenters. The number of aromatic nitrogens is 1. The first kappa shape index (κ1) is 11.6. The van der Waals surface area contributed by atoms with Gasteiger partial charge in [0.25, 0.3) is 5.91 Å². The highest BCUT2D eigenvalue weighted by atomic mass is 19.1. The summed E-state index contributed by atoms with van der Waals surface area (Å²) in [5, 5.41) is 3.68. The monoisotopic (exact) mass is 234 g/mol. The Kier molecular flexibility index (Phi) is 3.13. The standard InChI is InChI=1S/C13H15FN2O/c1-3-6-15-13(17)12-7-9-4-5-10(14)8-11(9)16(12)2/h4-5,7-8H,3,6H2,1-2H3,(H,15,17). The first-order valence-corrected chi connectivity index (χ1v) is 5.66. The predicted octanol–water partition coefficient (Wildman–Crippen LogP) is 2.46. The molecule has 0 radical (unpaired) electrons. The Morgan fingerprint density at radius 3 is 2.88 bits per heavy atom. The van der Waals surface area contributed by atoms with Crippen molar-refractivity contribution in [3.05, 3.63) is 35.8 Å². The molecule has 2 rings (SSSR count). The minimum Gasteiger partial charge on any atom is -0.351 e. The molecule has 1 heterocycles. The van der Waals surface area contributed by atoms with Crippen LogP contribution in [0.15, 0.2) is 24.3 Å². The number of nitrogens with one attached hydrogen (secondary N) is 1. The van der Waals surface area contributed by atoms with E-state index in [4.69, 9.17) is 0 Å². The fraction of sp³-hybridized carbons (Fsp3) is 0.308. The number of rotatable bonds is 3. The van der Waals surface area contributed by atoms with Crippen LogP contribution in [0.25, 0.3) is 10.9 Å². The molecule has 0 unspecified atom stereocenters. The second-order valence-corrected chi connectivity index (χ2v) is 4.05. The number of nitrogens with zero attached hydrogens (tertiary/aromatic N) is 1. The van der Waals surface area contributed by atoms with Crippen molar-refractivity contribution in [3.63, 3.8) is 0 Å². The molecule has 17 heavy (non-hydrogen) atoms. The molecule has 4 heteroatoms. The van der Waals surface area contributed by atoms with E-state index in [1.165, 1.54) is 12.1 Å². The van der Waals surface area contributed by atoms with Gasteiger partial charge in [0.05, 0.1) is 5.52 Å². The zero-order valence-electron chi connectivity index (χ0n) is 9.96. The highest BCUT2D eigenvalue weighted by Crippen LogP contribution is 2.19. The summed E-state index contributed by atoms with van der Waals surface area (Å²) in [6.07, 6.45) is 0.893. The van der Waals surface area contributed by atoms with Gasteiger partial charge in [-0.2, -0.15) is 0 Å². The van der Waals surface area contributed by atoms with Gasteiger partial charge >= 0.3 is 0 Å². The van der Waals surface area contributed by atoms with Gasteiger partial charge in [-0.1, -0.05) is 6.92 Å². The van der Waals surface area contributed by atoms with Gasteiger partial charge in [0.15, 0.2) is 0 Å². The molecule has 0 aliphatic heterocycles. The fourth-order valence-electron chi connectivity index (χ4n) is 1.85. The number of carbonyl (C=O) groups is 1. The third-order valence-corrected chi connectivity index (χ3v) is 2.78. The van der Waals surface area contributed by atoms with E-state index in [1.54, 1.807) is 23.7 Å². The van der Waals surface area contributed by atoms with Crippen LogP contribution in [0.4, 0.5) is 4.39 Å². The molecule has 0 aliphatic rings. The van der Waals surface area contributed by atoms with Crippen molar-refractivity contribution in [2.75, 3.05) is 6.54 Å². The second kappa shape index (κ2) is 4.57. The van der Waals surface area contributed by atoms with Crippen LogP contribution >= 0.6 is 0 Å². The number of hydrogen-bond donors (Lipinski definition) is 1. The summed E-state index contributed by atoms with van der Waals surface area (Å²) in [7, 11) is 1.77. The Balaban J connectivity index is 2.42. The highest BCUT2D eigenvalue weighted by molar-refractivity contribution is 5.98. The summed E-state index contributed by atoms with van der Waals surface area (Å²) >= 11 is 0. The van der Waals surface area contributed by atoms with Gasteiger partial charge in [-0.05, 0) is 30.7 Å². The van der Waals surface area contributed by atoms with Crippen LogP contribution in [0.2, 0.25) is 0 Å². The summed E-state index contributed by atoms with van der Waals surface area (Å²) in [6.45, 7) is 2.64. The second-order valence-electron chi connectivity index (χ2n) is 4.05. The van der Waals surface area contributed by atoms with Gasteiger partial charge in [0, 0.05) is 19.0 Å². The fourth-order valence-corrected chi connectivity index (χ4v) is 1.85. The van der Waals surface area contributed by atoms with Crippen LogP contribution in [-0.4, -0.2) is 17.0 Å². The normalized spacial score (nSPS) is 10.8. The lowest BCUT2D eigenvalue weighted by atomic mass is 10.2. The summed E-state index contributed by atoms with van der Waals surface area (Å²) < 4.78 is 14.8. The molecule has 1 aromatic carbocycles. The average Bonchev–Trinajstić information content (AvgIpc) is 2.64. The molecule has 1 aromatic heterocycles. The van der Waals surface area contributed by atoms with Gasteiger partial charge in [0.1, 0.15) is 11.5 Å². The van der Waals surface area contributed by atoms with Crippen molar-refractivity contribution in [1.29, 1.82) is 0 Å². The molecule has 3 nitrogen and oxygen atoms in total. The van der Waals surface area contributed by atoms with Crippen LogP contribution in [0, 0.1) is 5.82 Å². The predicted molar refractivity (Wildman–Crippen MR) is 65.5 cm³/mol. The molecule has 1 N–H and O–H groups in total. The molecular formula is C13H15FN2O. The maximum atomic E-state index is 13.1. The van der Waals surface area contributed by atoms with Crippen LogP contribution in [0.1, 0.15) is 23.8 Å². The number of carbonyl (C=O) groups excluding carboxylic acids is 1. The maximum Gasteiger partial charge on any atom is 0.267 e. The maximum absolute atomic E-state index is 13.1. The third-order valence-electron chi connectivity index (χ3n) is 2.78. The van der Waals surface area contributed by atoms with Gasteiger partial charge in [-0.3, -0.25) is 4.79 Å². The first-order valence-electron chi connectivity index (χ1n) is 5.66. The van der Waals surface area contributed by atoms with Gasteiger partial charge < -0.3 is 9.88 Å². The molecule has 0 aliphatic carbocycles. The minimum atomic E-state index is -0.292. The summed E-state index contributed by atoms with van der Waals surface area (Å²) in [5.41, 5.74) is 1.28. The quantitative estimate of drug-likeness (QED) is 0.869. The van der Waals surface area contributed by atoms with E-state index in [9.17, 15) is 9.18 Å². The zero-order chi connectivity index (χ0) is 12.4. The molecule has 1 amide bonds. The lowest BCUT2D eigenvalue weighted by molar-refractivity contribution is 0.0946. The van der Waals surface area contributed by atoms with Crippen LogP contribution in [0.3, 0.4) is 0 Å². The van der Waals surface area contributed by atoms with Gasteiger partial charge in [0.2, 0.25) is 0 Å². The molecule has 2 aromatic rings. The first-order chi connectivity index (χ1) is 8.13. The number of hydrogen-bond acceptors (Lipinski definition) is 1. The molecule has 0 fully saturated rings. The smallest absolute Gasteiger partial charge is 0.267 e. The molecule has 0 saturated heterocycles. The van der Waals surface area contributed by atoms with Crippen LogP contribution in [0.5, 0.6) is 0 Å². The summed E-state index contributed by atoms with van der Waals surface area (Å²) in [5.74, 6) is -0.412. The molecular weight excluding hydrogens is 219 g/mol.